The predicted octanol–water partition coefficient (Wildman–Crippen LogP) is 2.67. The largest absolute Gasteiger partial charge is 0.494 e. The number of methoxy groups -OCH3 is 1. The lowest BCUT2D eigenvalue weighted by Gasteiger charge is -2.07. The van der Waals surface area contributed by atoms with E-state index in [1.165, 1.54) is 12.8 Å². The van der Waals surface area contributed by atoms with E-state index in [0.29, 0.717) is 0 Å². The van der Waals surface area contributed by atoms with Crippen LogP contribution in [0.3, 0.4) is 0 Å². The molecule has 0 spiro atoms. The van der Waals surface area contributed by atoms with E-state index in [9.17, 15) is 0 Å². The molecule has 0 bridgehead atoms. The molecular weight excluding hydrogens is 244 g/mol. The molecule has 0 amide bonds. The van der Waals surface area contributed by atoms with Gasteiger partial charge in [-0.05, 0) is 46.8 Å². The molecular formula is C10H13BrN2O. The Morgan fingerprint density at radius 2 is 2.36 bits per heavy atom. The van der Waals surface area contributed by atoms with Gasteiger partial charge >= 0.3 is 0 Å². The Labute approximate surface area is 92.0 Å². The smallest absolute Gasteiger partial charge is 0.151 e. The highest BCUT2D eigenvalue weighted by Gasteiger charge is 2.20. The molecule has 0 atom stereocenters. The summed E-state index contributed by atoms with van der Waals surface area (Å²) in [6.07, 6.45) is 2.70. The molecule has 1 aromatic rings. The molecule has 1 aliphatic rings. The first-order valence-corrected chi connectivity index (χ1v) is 5.53. The topological polar surface area (TPSA) is 34.1 Å². The molecule has 0 aromatic carbocycles. The highest BCUT2D eigenvalue weighted by atomic mass is 79.9. The monoisotopic (exact) mass is 256 g/mol. The van der Waals surface area contributed by atoms with Gasteiger partial charge in [-0.3, -0.25) is 0 Å². The quantitative estimate of drug-likeness (QED) is 0.842. The van der Waals surface area contributed by atoms with Gasteiger partial charge in [0, 0.05) is 6.54 Å². The number of nitrogens with one attached hydrogen (secondary N) is 1. The van der Waals surface area contributed by atoms with Crippen LogP contribution < -0.4 is 10.1 Å². The van der Waals surface area contributed by atoms with Crippen molar-refractivity contribution in [1.29, 1.82) is 0 Å². The standard InChI is InChI=1S/C10H13BrN2O/c1-14-8-4-5-9(13-10(8)11)12-6-7-2-3-7/h4-5,7H,2-3,6H2,1H3,(H,12,13). The van der Waals surface area contributed by atoms with E-state index in [0.717, 1.165) is 28.6 Å². The summed E-state index contributed by atoms with van der Waals surface area (Å²) in [5.74, 6) is 2.53. The van der Waals surface area contributed by atoms with Crippen LogP contribution in [-0.2, 0) is 0 Å². The van der Waals surface area contributed by atoms with Crippen molar-refractivity contribution in [2.45, 2.75) is 12.8 Å². The maximum atomic E-state index is 5.10. The Morgan fingerprint density at radius 3 is 2.93 bits per heavy atom. The average Bonchev–Trinajstić information content (AvgIpc) is 2.98. The minimum absolute atomic E-state index is 0.751. The van der Waals surface area contributed by atoms with Crippen LogP contribution in [0.1, 0.15) is 12.8 Å². The third-order valence-electron chi connectivity index (χ3n) is 2.30. The molecule has 76 valence electrons. The highest BCUT2D eigenvalue weighted by Crippen LogP contribution is 2.29. The van der Waals surface area contributed by atoms with Gasteiger partial charge < -0.3 is 10.1 Å². The van der Waals surface area contributed by atoms with Crippen molar-refractivity contribution in [3.05, 3.63) is 16.7 Å². The number of ether oxygens (including phenoxy) is 1. The van der Waals surface area contributed by atoms with E-state index in [1.54, 1.807) is 7.11 Å². The number of aromatic nitrogens is 1. The number of rotatable bonds is 4. The number of halogens is 1. The first-order chi connectivity index (χ1) is 6.79. The fourth-order valence-corrected chi connectivity index (χ4v) is 1.73. The minimum Gasteiger partial charge on any atom is -0.494 e. The second kappa shape index (κ2) is 4.17. The highest BCUT2D eigenvalue weighted by molar-refractivity contribution is 9.10. The van der Waals surface area contributed by atoms with Gasteiger partial charge in [-0.1, -0.05) is 0 Å². The molecule has 0 unspecified atom stereocenters. The van der Waals surface area contributed by atoms with Gasteiger partial charge in [0.25, 0.3) is 0 Å². The first kappa shape index (κ1) is 9.77. The van der Waals surface area contributed by atoms with Gasteiger partial charge in [-0.2, -0.15) is 0 Å². The number of pyridine rings is 1. The van der Waals surface area contributed by atoms with Gasteiger partial charge in [0.05, 0.1) is 7.11 Å². The fourth-order valence-electron chi connectivity index (χ4n) is 1.24. The molecule has 1 heterocycles. The van der Waals surface area contributed by atoms with E-state index in [2.05, 4.69) is 26.2 Å². The van der Waals surface area contributed by atoms with E-state index < -0.39 is 0 Å². The molecule has 3 nitrogen and oxygen atoms in total. The fraction of sp³-hybridized carbons (Fsp3) is 0.500. The third-order valence-corrected chi connectivity index (χ3v) is 2.87. The summed E-state index contributed by atoms with van der Waals surface area (Å²) >= 11 is 3.35. The summed E-state index contributed by atoms with van der Waals surface area (Å²) in [4.78, 5) is 4.32. The molecule has 0 aliphatic heterocycles. The van der Waals surface area contributed by atoms with Crippen LogP contribution in [0.2, 0.25) is 0 Å². The zero-order chi connectivity index (χ0) is 9.97. The van der Waals surface area contributed by atoms with Crippen LogP contribution in [0.4, 0.5) is 5.82 Å². The lowest BCUT2D eigenvalue weighted by atomic mass is 10.4. The third kappa shape index (κ3) is 2.38. The van der Waals surface area contributed by atoms with Crippen molar-refractivity contribution < 1.29 is 4.74 Å². The molecule has 14 heavy (non-hydrogen) atoms. The second-order valence-electron chi connectivity index (χ2n) is 3.51. The zero-order valence-corrected chi connectivity index (χ0v) is 9.67. The molecule has 1 N–H and O–H groups in total. The van der Waals surface area contributed by atoms with Crippen LogP contribution in [0.25, 0.3) is 0 Å². The first-order valence-electron chi connectivity index (χ1n) is 4.74. The van der Waals surface area contributed by atoms with Gasteiger partial charge in [0.1, 0.15) is 10.4 Å². The molecule has 1 fully saturated rings. The Bertz CT molecular complexity index is 326. The molecule has 1 aromatic heterocycles. The van der Waals surface area contributed by atoms with Crippen LogP contribution >= 0.6 is 15.9 Å². The van der Waals surface area contributed by atoms with Gasteiger partial charge in [-0.25, -0.2) is 4.98 Å². The van der Waals surface area contributed by atoms with E-state index in [4.69, 9.17) is 4.74 Å². The second-order valence-corrected chi connectivity index (χ2v) is 4.26. The lowest BCUT2D eigenvalue weighted by molar-refractivity contribution is 0.410. The lowest BCUT2D eigenvalue weighted by Crippen LogP contribution is -2.05. The Hall–Kier alpha value is -0.770. The maximum Gasteiger partial charge on any atom is 0.151 e. The van der Waals surface area contributed by atoms with E-state index in [-0.39, 0.29) is 0 Å². The van der Waals surface area contributed by atoms with Crippen molar-refractivity contribution in [2.75, 3.05) is 19.0 Å². The number of hydrogen-bond acceptors (Lipinski definition) is 3. The summed E-state index contributed by atoms with van der Waals surface area (Å²) < 4.78 is 5.85. The summed E-state index contributed by atoms with van der Waals surface area (Å²) in [6, 6.07) is 3.85. The molecule has 2 rings (SSSR count). The van der Waals surface area contributed by atoms with E-state index in [1.807, 2.05) is 12.1 Å². The maximum absolute atomic E-state index is 5.10. The normalized spacial score (nSPS) is 15.3. The van der Waals surface area contributed by atoms with Crippen molar-refractivity contribution in [1.82, 2.24) is 4.98 Å². The number of nitrogens with zero attached hydrogens (tertiary/aromatic N) is 1. The predicted molar refractivity (Wildman–Crippen MR) is 59.7 cm³/mol. The zero-order valence-electron chi connectivity index (χ0n) is 8.09. The van der Waals surface area contributed by atoms with Crippen LogP contribution in [0.5, 0.6) is 5.75 Å². The summed E-state index contributed by atoms with van der Waals surface area (Å²) in [5, 5.41) is 3.30. The molecule has 1 aliphatic carbocycles. The Balaban J connectivity index is 1.99. The van der Waals surface area contributed by atoms with Gasteiger partial charge in [-0.15, -0.1) is 0 Å². The Kier molecular flexibility index (Phi) is 2.91. The molecule has 4 heteroatoms. The molecule has 1 saturated carbocycles. The van der Waals surface area contributed by atoms with Crippen LogP contribution in [0, 0.1) is 5.92 Å². The van der Waals surface area contributed by atoms with Crippen molar-refractivity contribution in [3.8, 4) is 5.75 Å². The molecule has 0 saturated heterocycles. The minimum atomic E-state index is 0.751. The van der Waals surface area contributed by atoms with Gasteiger partial charge in [0.2, 0.25) is 0 Å². The summed E-state index contributed by atoms with van der Waals surface area (Å²) in [6.45, 7) is 1.03. The summed E-state index contributed by atoms with van der Waals surface area (Å²) in [5.41, 5.74) is 0. The summed E-state index contributed by atoms with van der Waals surface area (Å²) in [7, 11) is 1.64. The number of anilines is 1. The van der Waals surface area contributed by atoms with Crippen molar-refractivity contribution in [3.63, 3.8) is 0 Å². The van der Waals surface area contributed by atoms with Crippen LogP contribution in [-0.4, -0.2) is 18.6 Å². The van der Waals surface area contributed by atoms with Crippen LogP contribution in [0.15, 0.2) is 16.7 Å². The van der Waals surface area contributed by atoms with Crippen molar-refractivity contribution >= 4 is 21.7 Å². The van der Waals surface area contributed by atoms with Crippen molar-refractivity contribution in [2.24, 2.45) is 5.92 Å². The number of hydrogen-bond donors (Lipinski definition) is 1. The van der Waals surface area contributed by atoms with E-state index >= 15 is 0 Å². The molecule has 0 radical (unpaired) electrons. The van der Waals surface area contributed by atoms with Gasteiger partial charge in [0.15, 0.2) is 5.75 Å². The SMILES string of the molecule is COc1ccc(NCC2CC2)nc1Br. The Morgan fingerprint density at radius 1 is 1.57 bits per heavy atom. The average molecular weight is 257 g/mol.